The first kappa shape index (κ1) is 30.4. The molecule has 2 N–H and O–H groups in total. The maximum Gasteiger partial charge on any atom is 0.338 e. The summed E-state index contributed by atoms with van der Waals surface area (Å²) in [5.74, 6) is -4.10. The summed E-state index contributed by atoms with van der Waals surface area (Å²) in [6, 6.07) is 8.26. The molecule has 0 amide bonds. The number of ketones is 1. The van der Waals surface area contributed by atoms with Crippen LogP contribution in [0.25, 0.3) is 0 Å². The van der Waals surface area contributed by atoms with Crippen molar-refractivity contribution in [2.45, 2.75) is 96.9 Å². The van der Waals surface area contributed by atoms with Gasteiger partial charge in [0.1, 0.15) is 17.8 Å². The van der Waals surface area contributed by atoms with Crippen molar-refractivity contribution in [1.29, 1.82) is 0 Å². The summed E-state index contributed by atoms with van der Waals surface area (Å²) in [6.45, 7) is 10.9. The summed E-state index contributed by atoms with van der Waals surface area (Å²) in [6.07, 6.45) is -4.67. The van der Waals surface area contributed by atoms with Crippen LogP contribution >= 0.6 is 0 Å². The van der Waals surface area contributed by atoms with Crippen molar-refractivity contribution in [1.82, 2.24) is 0 Å². The Kier molecular flexibility index (Phi) is 7.23. The third kappa shape index (κ3) is 4.09. The summed E-state index contributed by atoms with van der Waals surface area (Å²) in [5.41, 5.74) is -5.32. The van der Waals surface area contributed by atoms with Crippen molar-refractivity contribution in [3.63, 3.8) is 0 Å². The van der Waals surface area contributed by atoms with E-state index in [1.807, 2.05) is 6.92 Å². The molecule has 0 aromatic heterocycles. The Morgan fingerprint density at radius 1 is 1.02 bits per heavy atom. The van der Waals surface area contributed by atoms with Crippen LogP contribution in [0.4, 0.5) is 0 Å². The number of hydrogen-bond acceptors (Lipinski definition) is 10. The van der Waals surface area contributed by atoms with Gasteiger partial charge in [0.15, 0.2) is 17.5 Å². The highest BCUT2D eigenvalue weighted by molar-refractivity contribution is 5.95. The third-order valence-corrected chi connectivity index (χ3v) is 10.7. The minimum Gasteiger partial charge on any atom is -0.455 e. The van der Waals surface area contributed by atoms with Crippen LogP contribution in [0.3, 0.4) is 0 Å². The number of benzene rings is 1. The number of aliphatic hydroxyl groups excluding tert-OH is 1. The highest BCUT2D eigenvalue weighted by Crippen LogP contribution is 2.65. The summed E-state index contributed by atoms with van der Waals surface area (Å²) in [7, 11) is 0. The Morgan fingerprint density at radius 3 is 2.21 bits per heavy atom. The SMILES string of the molecule is CC(=O)OC1C(=O)[C@@]2(C)C(C(OC(=O)c3ccccc3)C3(O)CC(O)C(C)=C1C3(C)C)C1(OC(C)=O)COC1C[C@@H]2C. The molecule has 3 fully saturated rings. The largest absolute Gasteiger partial charge is 0.455 e. The van der Waals surface area contributed by atoms with Gasteiger partial charge in [-0.25, -0.2) is 4.79 Å². The fourth-order valence-corrected chi connectivity index (χ4v) is 8.20. The number of carbonyl (C=O) groups excluding carboxylic acids is 4. The second-order valence-corrected chi connectivity index (χ2v) is 13.2. The highest BCUT2D eigenvalue weighted by atomic mass is 16.6. The van der Waals surface area contributed by atoms with Gasteiger partial charge in [-0.05, 0) is 42.5 Å². The Balaban J connectivity index is 1.84. The van der Waals surface area contributed by atoms with Gasteiger partial charge in [-0.1, -0.05) is 45.9 Å². The van der Waals surface area contributed by atoms with Gasteiger partial charge in [-0.15, -0.1) is 0 Å². The second-order valence-electron chi connectivity index (χ2n) is 13.2. The first-order valence-electron chi connectivity index (χ1n) is 14.4. The van der Waals surface area contributed by atoms with Crippen LogP contribution in [0.2, 0.25) is 0 Å². The van der Waals surface area contributed by atoms with Gasteiger partial charge in [-0.2, -0.15) is 0 Å². The molecule has 1 aliphatic heterocycles. The molecule has 10 heteroatoms. The van der Waals surface area contributed by atoms with Crippen LogP contribution in [0.5, 0.6) is 0 Å². The first-order chi connectivity index (χ1) is 19.5. The van der Waals surface area contributed by atoms with E-state index in [-0.39, 0.29) is 24.2 Å². The normalized spacial score (nSPS) is 40.4. The van der Waals surface area contributed by atoms with E-state index in [4.69, 9.17) is 18.9 Å². The molecule has 1 aromatic carbocycles. The van der Waals surface area contributed by atoms with Crippen molar-refractivity contribution in [2.24, 2.45) is 22.7 Å². The summed E-state index contributed by atoms with van der Waals surface area (Å²) in [4.78, 5) is 53.8. The van der Waals surface area contributed by atoms with Crippen LogP contribution in [-0.4, -0.2) is 76.1 Å². The smallest absolute Gasteiger partial charge is 0.338 e. The molecule has 1 aromatic rings. The monoisotopic (exact) mass is 584 g/mol. The number of fused-ring (bicyclic) bond motifs is 5. The molecule has 0 spiro atoms. The van der Waals surface area contributed by atoms with Gasteiger partial charge in [0.2, 0.25) is 0 Å². The number of esters is 3. The lowest BCUT2D eigenvalue weighted by Crippen LogP contribution is -2.80. The molecule has 10 nitrogen and oxygen atoms in total. The molecular formula is C32H40O10. The summed E-state index contributed by atoms with van der Waals surface area (Å²) in [5, 5.41) is 24.3. The number of carbonyl (C=O) groups is 4. The average Bonchev–Trinajstić information content (AvgIpc) is 2.90. The van der Waals surface area contributed by atoms with Crippen LogP contribution < -0.4 is 0 Å². The number of aliphatic hydroxyl groups is 2. The zero-order chi connectivity index (χ0) is 31.0. The summed E-state index contributed by atoms with van der Waals surface area (Å²) < 4.78 is 24.0. The molecule has 7 unspecified atom stereocenters. The van der Waals surface area contributed by atoms with E-state index in [9.17, 15) is 29.4 Å². The molecular weight excluding hydrogens is 544 g/mol. The van der Waals surface area contributed by atoms with E-state index in [1.54, 1.807) is 58.0 Å². The van der Waals surface area contributed by atoms with E-state index in [0.717, 1.165) is 0 Å². The van der Waals surface area contributed by atoms with Crippen LogP contribution in [0.1, 0.15) is 71.7 Å². The molecule has 228 valence electrons. The molecule has 5 rings (SSSR count). The van der Waals surface area contributed by atoms with Gasteiger partial charge in [0.25, 0.3) is 0 Å². The molecule has 1 saturated heterocycles. The lowest BCUT2D eigenvalue weighted by atomic mass is 9.43. The molecule has 4 aliphatic rings. The van der Waals surface area contributed by atoms with Crippen molar-refractivity contribution >= 4 is 23.7 Å². The molecule has 9 atom stereocenters. The quantitative estimate of drug-likeness (QED) is 0.308. The number of hydrogen-bond donors (Lipinski definition) is 2. The van der Waals surface area contributed by atoms with Crippen LogP contribution in [-0.2, 0) is 33.3 Å². The first-order valence-corrected chi connectivity index (χ1v) is 14.4. The van der Waals surface area contributed by atoms with Crippen LogP contribution in [0.15, 0.2) is 41.5 Å². The van der Waals surface area contributed by atoms with Crippen molar-refractivity contribution in [2.75, 3.05) is 6.61 Å². The summed E-state index contributed by atoms with van der Waals surface area (Å²) >= 11 is 0. The minimum atomic E-state index is -2.00. The van der Waals surface area contributed by atoms with Crippen molar-refractivity contribution in [3.8, 4) is 0 Å². The zero-order valence-corrected chi connectivity index (χ0v) is 25.1. The lowest BCUT2D eigenvalue weighted by Gasteiger charge is -2.68. The number of Topliss-reactive ketones (excluding diaryl/α,β-unsaturated/α-hetero) is 1. The predicted molar refractivity (Wildman–Crippen MR) is 148 cm³/mol. The van der Waals surface area contributed by atoms with E-state index >= 15 is 0 Å². The molecule has 42 heavy (non-hydrogen) atoms. The third-order valence-electron chi connectivity index (χ3n) is 10.7. The van der Waals surface area contributed by atoms with Crippen molar-refractivity contribution < 1.29 is 48.3 Å². The molecule has 3 aliphatic carbocycles. The molecule has 1 heterocycles. The average molecular weight is 585 g/mol. The van der Waals surface area contributed by atoms with Crippen molar-refractivity contribution in [3.05, 3.63) is 47.0 Å². The van der Waals surface area contributed by atoms with Gasteiger partial charge in [0, 0.05) is 31.1 Å². The number of ether oxygens (including phenoxy) is 4. The fourth-order valence-electron chi connectivity index (χ4n) is 8.20. The number of rotatable bonds is 4. The minimum absolute atomic E-state index is 0.0874. The van der Waals surface area contributed by atoms with Gasteiger partial charge in [0.05, 0.1) is 24.2 Å². The van der Waals surface area contributed by atoms with Gasteiger partial charge in [-0.3, -0.25) is 14.4 Å². The standard InChI is InChI=1S/C32H40O10/c1-16-13-22-31(15-39-22,42-19(4)34)25-27(41-28(37)20-11-9-8-10-12-20)32(38)14-21(35)17(2)23(29(32,5)6)24(40-18(3)33)26(36)30(16,25)7/h8-12,16,21-22,24-25,27,35,38H,13-15H2,1-7H3/t16-,21?,22?,24?,25?,27?,30+,31?,32?/m0/s1. The zero-order valence-electron chi connectivity index (χ0n) is 25.1. The van der Waals surface area contributed by atoms with Gasteiger partial charge < -0.3 is 29.2 Å². The molecule has 0 radical (unpaired) electrons. The second kappa shape index (κ2) is 9.99. The Labute approximate surface area is 245 Å². The lowest BCUT2D eigenvalue weighted by molar-refractivity contribution is -0.340. The maximum atomic E-state index is 15.0. The van der Waals surface area contributed by atoms with E-state index < -0.39 is 82.0 Å². The Morgan fingerprint density at radius 2 is 1.67 bits per heavy atom. The predicted octanol–water partition coefficient (Wildman–Crippen LogP) is 2.93. The van der Waals surface area contributed by atoms with E-state index in [2.05, 4.69) is 0 Å². The fraction of sp³-hybridized carbons (Fsp3) is 0.625. The maximum absolute atomic E-state index is 15.0. The molecule has 2 saturated carbocycles. The van der Waals surface area contributed by atoms with Gasteiger partial charge >= 0.3 is 17.9 Å². The Bertz CT molecular complexity index is 1350. The Hall–Kier alpha value is -3.08. The van der Waals surface area contributed by atoms with E-state index in [0.29, 0.717) is 12.0 Å². The molecule has 2 bridgehead atoms. The topological polar surface area (TPSA) is 146 Å². The highest BCUT2D eigenvalue weighted by Gasteiger charge is 2.77. The van der Waals surface area contributed by atoms with E-state index in [1.165, 1.54) is 13.8 Å². The van der Waals surface area contributed by atoms with Crippen LogP contribution in [0, 0.1) is 22.7 Å².